The molecule has 108 valence electrons. The maximum Gasteiger partial charge on any atom is 0.262 e. The highest BCUT2D eigenvalue weighted by atomic mass is 16.2. The summed E-state index contributed by atoms with van der Waals surface area (Å²) in [5, 5.41) is 0. The molecule has 3 rings (SSSR count). The number of anilines is 1. The predicted octanol–water partition coefficient (Wildman–Crippen LogP) is 1.93. The summed E-state index contributed by atoms with van der Waals surface area (Å²) in [4.78, 5) is 38.3. The van der Waals surface area contributed by atoms with Gasteiger partial charge in [0.15, 0.2) is 5.78 Å². The third-order valence-electron chi connectivity index (χ3n) is 4.06. The van der Waals surface area contributed by atoms with Crippen LogP contribution in [0.15, 0.2) is 30.4 Å². The summed E-state index contributed by atoms with van der Waals surface area (Å²) in [6, 6.07) is 3.95. The van der Waals surface area contributed by atoms with E-state index >= 15 is 0 Å². The molecular weight excluding hydrogens is 268 g/mol. The quantitative estimate of drug-likeness (QED) is 0.370. The van der Waals surface area contributed by atoms with Crippen LogP contribution in [0.2, 0.25) is 0 Å². The Morgan fingerprint density at radius 3 is 2.62 bits per heavy atom. The number of ketones is 1. The van der Waals surface area contributed by atoms with Gasteiger partial charge in [-0.25, -0.2) is 0 Å². The first-order valence-corrected chi connectivity index (χ1v) is 6.96. The molecule has 2 N–H and O–H groups in total. The van der Waals surface area contributed by atoms with E-state index < -0.39 is 17.9 Å². The minimum absolute atomic E-state index is 0.111. The highest BCUT2D eigenvalue weighted by molar-refractivity contribution is 6.23. The maximum atomic E-state index is 12.5. The second-order valence-electron chi connectivity index (χ2n) is 5.59. The second-order valence-corrected chi connectivity index (χ2v) is 5.59. The number of Topliss-reactive ketones (excluding diaryl/α,β-unsaturated/α-hetero) is 1. The average molecular weight is 284 g/mol. The molecule has 0 radical (unpaired) electrons. The van der Waals surface area contributed by atoms with E-state index in [0.717, 1.165) is 23.3 Å². The van der Waals surface area contributed by atoms with Crippen molar-refractivity contribution in [3.8, 4) is 0 Å². The van der Waals surface area contributed by atoms with Crippen LogP contribution in [0.5, 0.6) is 0 Å². The van der Waals surface area contributed by atoms with E-state index in [0.29, 0.717) is 17.7 Å². The number of nitrogens with zero attached hydrogens (tertiary/aromatic N) is 1. The smallest absolute Gasteiger partial charge is 0.262 e. The Kier molecular flexibility index (Phi) is 3.12. The van der Waals surface area contributed by atoms with Crippen LogP contribution in [-0.2, 0) is 4.79 Å². The van der Waals surface area contributed by atoms with Gasteiger partial charge in [0.2, 0.25) is 0 Å². The van der Waals surface area contributed by atoms with Crippen LogP contribution >= 0.6 is 0 Å². The standard InChI is InChI=1S/C16H16N2O3/c1-9-3-2-4-13(14(19)7-9)18-15(20)11-6-5-10(17)8-12(11)16(18)21/h5-6,8,13H,1-4,7,17H2/t13-/m0/s1. The van der Waals surface area contributed by atoms with Gasteiger partial charge in [-0.1, -0.05) is 12.2 Å². The lowest BCUT2D eigenvalue weighted by Crippen LogP contribution is -2.44. The van der Waals surface area contributed by atoms with Gasteiger partial charge in [0, 0.05) is 12.1 Å². The Balaban J connectivity index is 1.97. The maximum absolute atomic E-state index is 12.5. The normalized spacial score (nSPS) is 22.5. The zero-order chi connectivity index (χ0) is 15.1. The Morgan fingerprint density at radius 1 is 1.14 bits per heavy atom. The predicted molar refractivity (Wildman–Crippen MR) is 77.8 cm³/mol. The summed E-state index contributed by atoms with van der Waals surface area (Å²) in [6.45, 7) is 3.85. The van der Waals surface area contributed by atoms with Crippen LogP contribution in [-0.4, -0.2) is 28.5 Å². The van der Waals surface area contributed by atoms with Crippen molar-refractivity contribution >= 4 is 23.3 Å². The number of benzene rings is 1. The molecule has 1 heterocycles. The molecule has 1 aliphatic carbocycles. The number of fused-ring (bicyclic) bond motifs is 1. The highest BCUT2D eigenvalue weighted by Crippen LogP contribution is 2.30. The molecule has 5 heteroatoms. The minimum Gasteiger partial charge on any atom is -0.399 e. The number of carbonyl (C=O) groups is 3. The minimum atomic E-state index is -0.683. The molecular formula is C16H16N2O3. The second kappa shape index (κ2) is 4.84. The molecule has 21 heavy (non-hydrogen) atoms. The van der Waals surface area contributed by atoms with E-state index in [9.17, 15) is 14.4 Å². The molecule has 1 aromatic rings. The highest BCUT2D eigenvalue weighted by Gasteiger charge is 2.42. The molecule has 2 amide bonds. The first kappa shape index (κ1) is 13.5. The monoisotopic (exact) mass is 284 g/mol. The van der Waals surface area contributed by atoms with Gasteiger partial charge in [-0.2, -0.15) is 0 Å². The number of hydrogen-bond donors (Lipinski definition) is 1. The van der Waals surface area contributed by atoms with E-state index in [1.807, 2.05) is 0 Å². The van der Waals surface area contributed by atoms with Crippen molar-refractivity contribution in [1.29, 1.82) is 0 Å². The molecule has 0 saturated heterocycles. The molecule has 1 fully saturated rings. The van der Waals surface area contributed by atoms with Crippen LogP contribution in [0.25, 0.3) is 0 Å². The number of allylic oxidation sites excluding steroid dienone is 1. The molecule has 1 atom stereocenters. The number of nitrogen functional groups attached to an aromatic ring is 1. The number of amides is 2. The van der Waals surface area contributed by atoms with Crippen LogP contribution in [0.3, 0.4) is 0 Å². The molecule has 2 aliphatic rings. The van der Waals surface area contributed by atoms with E-state index in [4.69, 9.17) is 5.73 Å². The van der Waals surface area contributed by atoms with Gasteiger partial charge >= 0.3 is 0 Å². The zero-order valence-corrected chi connectivity index (χ0v) is 11.6. The Bertz CT molecular complexity index is 678. The molecule has 0 spiro atoms. The van der Waals surface area contributed by atoms with E-state index in [1.54, 1.807) is 12.1 Å². The largest absolute Gasteiger partial charge is 0.399 e. The Hall–Kier alpha value is -2.43. The Morgan fingerprint density at radius 2 is 1.86 bits per heavy atom. The number of imide groups is 1. The van der Waals surface area contributed by atoms with Gasteiger partial charge < -0.3 is 5.73 Å². The first-order chi connectivity index (χ1) is 9.99. The summed E-state index contributed by atoms with van der Waals surface area (Å²) >= 11 is 0. The van der Waals surface area contributed by atoms with Crippen LogP contribution < -0.4 is 5.73 Å². The average Bonchev–Trinajstić information content (AvgIpc) is 2.57. The van der Waals surface area contributed by atoms with Crippen molar-refractivity contribution in [2.24, 2.45) is 0 Å². The van der Waals surface area contributed by atoms with Crippen molar-refractivity contribution in [3.63, 3.8) is 0 Å². The molecule has 0 aromatic heterocycles. The first-order valence-electron chi connectivity index (χ1n) is 6.96. The lowest BCUT2D eigenvalue weighted by molar-refractivity contribution is -0.122. The van der Waals surface area contributed by atoms with Gasteiger partial charge in [-0.3, -0.25) is 19.3 Å². The zero-order valence-electron chi connectivity index (χ0n) is 11.6. The van der Waals surface area contributed by atoms with Crippen molar-refractivity contribution in [2.45, 2.75) is 31.7 Å². The van der Waals surface area contributed by atoms with Crippen molar-refractivity contribution in [2.75, 3.05) is 5.73 Å². The number of carbonyl (C=O) groups excluding carboxylic acids is 3. The lowest BCUT2D eigenvalue weighted by atomic mass is 10.1. The number of rotatable bonds is 1. The van der Waals surface area contributed by atoms with Gasteiger partial charge in [0.1, 0.15) is 0 Å². The summed E-state index contributed by atoms with van der Waals surface area (Å²) in [5.41, 5.74) is 7.58. The third-order valence-corrected chi connectivity index (χ3v) is 4.06. The molecule has 0 unspecified atom stereocenters. The van der Waals surface area contributed by atoms with Crippen LogP contribution in [0, 0.1) is 0 Å². The lowest BCUT2D eigenvalue weighted by Gasteiger charge is -2.23. The third kappa shape index (κ3) is 2.14. The fourth-order valence-corrected chi connectivity index (χ4v) is 2.99. The molecule has 0 bridgehead atoms. The SMILES string of the molecule is C=C1CCC[C@H](N2C(=O)c3ccc(N)cc3C2=O)C(=O)C1. The summed E-state index contributed by atoms with van der Waals surface area (Å²) in [7, 11) is 0. The fourth-order valence-electron chi connectivity index (χ4n) is 2.99. The molecule has 5 nitrogen and oxygen atoms in total. The summed E-state index contributed by atoms with van der Waals surface area (Å²) in [5.74, 6) is -0.936. The fraction of sp³-hybridized carbons (Fsp3) is 0.312. The van der Waals surface area contributed by atoms with Crippen molar-refractivity contribution in [1.82, 2.24) is 4.90 Å². The van der Waals surface area contributed by atoms with Crippen LogP contribution in [0.1, 0.15) is 46.4 Å². The van der Waals surface area contributed by atoms with Gasteiger partial charge in [0.05, 0.1) is 17.2 Å². The molecule has 1 saturated carbocycles. The van der Waals surface area contributed by atoms with Crippen molar-refractivity contribution < 1.29 is 14.4 Å². The molecule has 1 aliphatic heterocycles. The summed E-state index contributed by atoms with van der Waals surface area (Å²) in [6.07, 6.45) is 2.25. The van der Waals surface area contributed by atoms with Crippen LogP contribution in [0.4, 0.5) is 5.69 Å². The van der Waals surface area contributed by atoms with Gasteiger partial charge in [0.25, 0.3) is 11.8 Å². The van der Waals surface area contributed by atoms with E-state index in [1.165, 1.54) is 6.07 Å². The summed E-state index contributed by atoms with van der Waals surface area (Å²) < 4.78 is 0. The van der Waals surface area contributed by atoms with E-state index in [-0.39, 0.29) is 17.8 Å². The topological polar surface area (TPSA) is 80.5 Å². The van der Waals surface area contributed by atoms with Crippen molar-refractivity contribution in [3.05, 3.63) is 41.5 Å². The van der Waals surface area contributed by atoms with Gasteiger partial charge in [-0.15, -0.1) is 0 Å². The van der Waals surface area contributed by atoms with Gasteiger partial charge in [-0.05, 0) is 37.5 Å². The number of nitrogens with two attached hydrogens (primary N) is 1. The molecule has 1 aromatic carbocycles. The number of hydrogen-bond acceptors (Lipinski definition) is 4. The van der Waals surface area contributed by atoms with E-state index in [2.05, 4.69) is 6.58 Å². The Labute approximate surface area is 122 Å².